The first-order valence-electron chi connectivity index (χ1n) is 11.5. The number of hydrogen-bond donors (Lipinski definition) is 4. The third-order valence-electron chi connectivity index (χ3n) is 6.45. The summed E-state index contributed by atoms with van der Waals surface area (Å²) in [4.78, 5) is 34.7. The molecule has 8 nitrogen and oxygen atoms in total. The van der Waals surface area contributed by atoms with Crippen LogP contribution in [0.5, 0.6) is 0 Å². The molecule has 3 heterocycles. The van der Waals surface area contributed by atoms with Gasteiger partial charge in [0.25, 0.3) is 5.91 Å². The van der Waals surface area contributed by atoms with Crippen LogP contribution in [0.2, 0.25) is 0 Å². The molecule has 10 heteroatoms. The van der Waals surface area contributed by atoms with Gasteiger partial charge in [-0.2, -0.15) is 0 Å². The lowest BCUT2D eigenvalue weighted by Gasteiger charge is -2.35. The number of anilines is 2. The summed E-state index contributed by atoms with van der Waals surface area (Å²) in [6, 6.07) is 13.7. The molecule has 1 saturated carbocycles. The van der Waals surface area contributed by atoms with Crippen molar-refractivity contribution in [2.24, 2.45) is 0 Å². The molecule has 2 amide bonds. The highest BCUT2D eigenvalue weighted by Crippen LogP contribution is 2.32. The highest BCUT2D eigenvalue weighted by atomic mass is 35.5. The van der Waals surface area contributed by atoms with Crippen LogP contribution in [0.25, 0.3) is 10.9 Å². The quantitative estimate of drug-likeness (QED) is 0.410. The van der Waals surface area contributed by atoms with Crippen LogP contribution in [0.1, 0.15) is 37.1 Å². The number of pyridine rings is 2. The number of aromatic nitrogens is 2. The van der Waals surface area contributed by atoms with E-state index in [2.05, 4.69) is 25.9 Å². The summed E-state index contributed by atoms with van der Waals surface area (Å²) in [5.74, 6) is 0.621. The van der Waals surface area contributed by atoms with Gasteiger partial charge in [-0.15, -0.1) is 24.2 Å². The maximum Gasteiger partial charge on any atom is 0.256 e. The molecule has 0 spiro atoms. The number of carbonyl (C=O) groups excluding carboxylic acids is 2. The van der Waals surface area contributed by atoms with Gasteiger partial charge >= 0.3 is 0 Å². The van der Waals surface area contributed by atoms with Crippen LogP contribution in [0, 0.1) is 6.92 Å². The van der Waals surface area contributed by atoms with Gasteiger partial charge in [0.2, 0.25) is 5.91 Å². The van der Waals surface area contributed by atoms with Gasteiger partial charge < -0.3 is 21.1 Å². The van der Waals surface area contributed by atoms with Crippen LogP contribution in [-0.4, -0.2) is 44.3 Å². The smallest absolute Gasteiger partial charge is 0.256 e. The first-order chi connectivity index (χ1) is 16.4. The van der Waals surface area contributed by atoms with E-state index in [4.69, 9.17) is 0 Å². The predicted molar refractivity (Wildman–Crippen MR) is 140 cm³/mol. The van der Waals surface area contributed by atoms with E-state index >= 15 is 0 Å². The minimum atomic E-state index is -1.41. The minimum absolute atomic E-state index is 0. The summed E-state index contributed by atoms with van der Waals surface area (Å²) in [7, 11) is 0. The van der Waals surface area contributed by atoms with Gasteiger partial charge in [0, 0.05) is 23.7 Å². The van der Waals surface area contributed by atoms with Crippen molar-refractivity contribution in [3.05, 3.63) is 53.9 Å². The first kappa shape index (κ1) is 25.4. The van der Waals surface area contributed by atoms with E-state index < -0.39 is 5.60 Å². The molecule has 3 aromatic rings. The number of rotatable bonds is 5. The topological polar surface area (TPSA) is 116 Å². The molecule has 0 bridgehead atoms. The second-order valence-corrected chi connectivity index (χ2v) is 9.97. The number of carbonyl (C=O) groups is 2. The SMILES string of the molecule is Cc1ccc2cccc(NC(=O)C3(O)CCC(NCc4ccc5c(n4)NC(=O)CS5)CC3)c2n1.Cl. The molecule has 1 aromatic carbocycles. The summed E-state index contributed by atoms with van der Waals surface area (Å²) < 4.78 is 0. The number of benzene rings is 1. The Kier molecular flexibility index (Phi) is 7.61. The zero-order valence-electron chi connectivity index (χ0n) is 19.3. The zero-order chi connectivity index (χ0) is 23.7. The fraction of sp³-hybridized carbons (Fsp3) is 0.360. The number of amides is 2. The van der Waals surface area contributed by atoms with Gasteiger partial charge in [0.1, 0.15) is 11.4 Å². The van der Waals surface area contributed by atoms with Crippen molar-refractivity contribution in [3.63, 3.8) is 0 Å². The van der Waals surface area contributed by atoms with Gasteiger partial charge in [-0.05, 0) is 56.9 Å². The van der Waals surface area contributed by atoms with Crippen LogP contribution in [-0.2, 0) is 16.1 Å². The Morgan fingerprint density at radius 2 is 1.97 bits per heavy atom. The third-order valence-corrected chi connectivity index (χ3v) is 7.49. The van der Waals surface area contributed by atoms with E-state index in [0.717, 1.165) is 27.2 Å². The summed E-state index contributed by atoms with van der Waals surface area (Å²) >= 11 is 1.49. The lowest BCUT2D eigenvalue weighted by Crippen LogP contribution is -2.48. The molecule has 0 radical (unpaired) electrons. The van der Waals surface area contributed by atoms with Gasteiger partial charge in [-0.3, -0.25) is 14.6 Å². The number of nitrogens with zero attached hydrogens (tertiary/aromatic N) is 2. The zero-order valence-corrected chi connectivity index (χ0v) is 21.0. The molecular formula is C25H28ClN5O3S. The second kappa shape index (κ2) is 10.5. The van der Waals surface area contributed by atoms with E-state index in [1.54, 1.807) is 0 Å². The molecule has 5 rings (SSSR count). The molecule has 0 saturated heterocycles. The number of para-hydroxylation sites is 1. The molecule has 2 aromatic heterocycles. The molecular weight excluding hydrogens is 486 g/mol. The minimum Gasteiger partial charge on any atom is -0.380 e. The van der Waals surface area contributed by atoms with E-state index in [1.807, 2.05) is 49.4 Å². The molecule has 4 N–H and O–H groups in total. The Hall–Kier alpha value is -2.72. The molecule has 2 aliphatic rings. The monoisotopic (exact) mass is 513 g/mol. The predicted octanol–water partition coefficient (Wildman–Crippen LogP) is 3.81. The highest BCUT2D eigenvalue weighted by Gasteiger charge is 2.40. The van der Waals surface area contributed by atoms with Crippen molar-refractivity contribution >= 4 is 58.4 Å². The normalized spacial score (nSPS) is 21.5. The lowest BCUT2D eigenvalue weighted by atomic mass is 9.81. The van der Waals surface area contributed by atoms with Crippen LogP contribution in [0.15, 0.2) is 47.4 Å². The van der Waals surface area contributed by atoms with Gasteiger partial charge in [-0.25, -0.2) is 4.98 Å². The lowest BCUT2D eigenvalue weighted by molar-refractivity contribution is -0.137. The molecule has 1 fully saturated rings. The summed E-state index contributed by atoms with van der Waals surface area (Å²) in [6.45, 7) is 2.47. The number of nitrogens with one attached hydrogen (secondary N) is 3. The molecule has 1 aliphatic carbocycles. The average Bonchev–Trinajstić information content (AvgIpc) is 2.84. The van der Waals surface area contributed by atoms with Gasteiger partial charge in [-0.1, -0.05) is 18.2 Å². The van der Waals surface area contributed by atoms with Crippen molar-refractivity contribution in [1.82, 2.24) is 15.3 Å². The van der Waals surface area contributed by atoms with Gasteiger partial charge in [0.15, 0.2) is 0 Å². The highest BCUT2D eigenvalue weighted by molar-refractivity contribution is 8.00. The van der Waals surface area contributed by atoms with Crippen LogP contribution < -0.4 is 16.0 Å². The Balaban J connectivity index is 0.00000289. The summed E-state index contributed by atoms with van der Waals surface area (Å²) in [5.41, 5.74) is 1.65. The molecule has 0 atom stereocenters. The van der Waals surface area contributed by atoms with E-state index in [9.17, 15) is 14.7 Å². The Morgan fingerprint density at radius 3 is 2.77 bits per heavy atom. The summed E-state index contributed by atoms with van der Waals surface area (Å²) in [5, 5.41) is 21.2. The molecule has 35 heavy (non-hydrogen) atoms. The summed E-state index contributed by atoms with van der Waals surface area (Å²) in [6.07, 6.45) is 2.10. The van der Waals surface area contributed by atoms with E-state index in [-0.39, 0.29) is 30.3 Å². The van der Waals surface area contributed by atoms with Crippen molar-refractivity contribution in [1.29, 1.82) is 0 Å². The first-order valence-corrected chi connectivity index (χ1v) is 12.4. The van der Waals surface area contributed by atoms with Gasteiger partial charge in [0.05, 0.1) is 27.5 Å². The van der Waals surface area contributed by atoms with Crippen molar-refractivity contribution in [2.45, 2.75) is 55.7 Å². The number of aryl methyl sites for hydroxylation is 1. The second-order valence-electron chi connectivity index (χ2n) is 8.96. The third kappa shape index (κ3) is 5.59. The van der Waals surface area contributed by atoms with Crippen molar-refractivity contribution in [2.75, 3.05) is 16.4 Å². The van der Waals surface area contributed by atoms with E-state index in [0.29, 0.717) is 49.5 Å². The number of thioether (sulfide) groups is 1. The fourth-order valence-corrected chi connectivity index (χ4v) is 5.22. The standard InChI is InChI=1S/C25H27N5O3S.ClH/c1-15-5-6-16-3-2-4-19(22(16)27-15)29-24(32)25(33)11-9-17(10-12-25)26-13-18-7-8-20-23(28-18)30-21(31)14-34-20;/h2-8,17,26,33H,9-14H2,1H3,(H,29,32)(H,28,30,31);1H. The van der Waals surface area contributed by atoms with Crippen LogP contribution >= 0.6 is 24.2 Å². The Morgan fingerprint density at radius 1 is 1.17 bits per heavy atom. The van der Waals surface area contributed by atoms with Crippen LogP contribution in [0.4, 0.5) is 11.5 Å². The number of fused-ring (bicyclic) bond motifs is 2. The fourth-order valence-electron chi connectivity index (χ4n) is 4.46. The number of aliphatic hydroxyl groups is 1. The van der Waals surface area contributed by atoms with Crippen LogP contribution in [0.3, 0.4) is 0 Å². The maximum atomic E-state index is 13.0. The maximum absolute atomic E-state index is 13.0. The number of halogens is 1. The van der Waals surface area contributed by atoms with Crippen molar-refractivity contribution in [3.8, 4) is 0 Å². The Bertz CT molecular complexity index is 1260. The largest absolute Gasteiger partial charge is 0.380 e. The number of hydrogen-bond acceptors (Lipinski definition) is 7. The Labute approximate surface area is 214 Å². The molecule has 1 aliphatic heterocycles. The van der Waals surface area contributed by atoms with Crippen molar-refractivity contribution < 1.29 is 14.7 Å². The van der Waals surface area contributed by atoms with E-state index in [1.165, 1.54) is 11.8 Å². The molecule has 184 valence electrons. The average molecular weight is 514 g/mol. The molecule has 0 unspecified atom stereocenters.